The van der Waals surface area contributed by atoms with Gasteiger partial charge in [0.25, 0.3) is 0 Å². The van der Waals surface area contributed by atoms with E-state index in [1.807, 2.05) is 54.6 Å². The molecular formula is C18H16ClNO. The summed E-state index contributed by atoms with van der Waals surface area (Å²) < 4.78 is 0. The fourth-order valence-corrected chi connectivity index (χ4v) is 2.91. The second-order valence-electron chi connectivity index (χ2n) is 5.33. The van der Waals surface area contributed by atoms with E-state index in [2.05, 4.69) is 0 Å². The molecule has 0 amide bonds. The molecule has 0 saturated heterocycles. The van der Waals surface area contributed by atoms with Crippen LogP contribution in [0.3, 0.4) is 0 Å². The van der Waals surface area contributed by atoms with Crippen LogP contribution in [0, 0.1) is 0 Å². The molecule has 1 aliphatic carbocycles. The molecule has 3 heteroatoms. The molecule has 0 aromatic heterocycles. The Morgan fingerprint density at radius 3 is 2.33 bits per heavy atom. The quantitative estimate of drug-likeness (QED) is 0.916. The fourth-order valence-electron chi connectivity index (χ4n) is 2.78. The van der Waals surface area contributed by atoms with Gasteiger partial charge in [0.2, 0.25) is 0 Å². The van der Waals surface area contributed by atoms with E-state index in [4.69, 9.17) is 17.3 Å². The molecule has 3 rings (SSSR count). The molecule has 21 heavy (non-hydrogen) atoms. The number of carbonyl (C=O) groups is 1. The second-order valence-corrected chi connectivity index (χ2v) is 5.76. The zero-order valence-electron chi connectivity index (χ0n) is 11.5. The van der Waals surface area contributed by atoms with Crippen LogP contribution >= 0.6 is 11.6 Å². The van der Waals surface area contributed by atoms with Crippen LogP contribution in [0.4, 0.5) is 0 Å². The molecule has 2 unspecified atom stereocenters. The van der Waals surface area contributed by atoms with Gasteiger partial charge in [0.1, 0.15) is 0 Å². The van der Waals surface area contributed by atoms with Gasteiger partial charge in [-0.25, -0.2) is 0 Å². The Balaban J connectivity index is 1.95. The van der Waals surface area contributed by atoms with Crippen molar-refractivity contribution in [2.24, 2.45) is 5.73 Å². The predicted molar refractivity (Wildman–Crippen MR) is 86.2 cm³/mol. The van der Waals surface area contributed by atoms with E-state index in [1.54, 1.807) is 6.08 Å². The van der Waals surface area contributed by atoms with Gasteiger partial charge in [-0.05, 0) is 41.3 Å². The summed E-state index contributed by atoms with van der Waals surface area (Å²) in [6.07, 6.45) is 2.44. The van der Waals surface area contributed by atoms with E-state index in [0.717, 1.165) is 23.1 Å². The first-order valence-corrected chi connectivity index (χ1v) is 7.34. The van der Waals surface area contributed by atoms with Crippen molar-refractivity contribution in [3.05, 3.63) is 76.8 Å². The first-order valence-electron chi connectivity index (χ1n) is 6.96. The SMILES string of the molecule is NC1C(=O)C=C(c2ccc(Cl)cc2)CC1c1ccccc1. The van der Waals surface area contributed by atoms with Crippen LogP contribution in [-0.4, -0.2) is 11.8 Å². The third-order valence-electron chi connectivity index (χ3n) is 3.96. The largest absolute Gasteiger partial charge is 0.321 e. The average Bonchev–Trinajstić information content (AvgIpc) is 2.51. The molecule has 0 bridgehead atoms. The van der Waals surface area contributed by atoms with Crippen LogP contribution in [0.1, 0.15) is 23.5 Å². The fraction of sp³-hybridized carbons (Fsp3) is 0.167. The minimum absolute atomic E-state index is 0.0138. The molecule has 2 aromatic carbocycles. The number of benzene rings is 2. The molecule has 2 N–H and O–H groups in total. The van der Waals surface area contributed by atoms with E-state index in [-0.39, 0.29) is 11.7 Å². The number of ketones is 1. The van der Waals surface area contributed by atoms with E-state index in [1.165, 1.54) is 0 Å². The summed E-state index contributed by atoms with van der Waals surface area (Å²) in [6, 6.07) is 17.1. The van der Waals surface area contributed by atoms with E-state index >= 15 is 0 Å². The van der Waals surface area contributed by atoms with Crippen LogP contribution in [0.25, 0.3) is 5.57 Å². The van der Waals surface area contributed by atoms with Gasteiger partial charge in [0.05, 0.1) is 6.04 Å². The normalized spacial score (nSPS) is 22.0. The van der Waals surface area contributed by atoms with Gasteiger partial charge in [0.15, 0.2) is 5.78 Å². The van der Waals surface area contributed by atoms with Crippen molar-refractivity contribution in [1.82, 2.24) is 0 Å². The van der Waals surface area contributed by atoms with Crippen LogP contribution in [-0.2, 0) is 4.79 Å². The summed E-state index contributed by atoms with van der Waals surface area (Å²) >= 11 is 5.92. The lowest BCUT2D eigenvalue weighted by molar-refractivity contribution is -0.116. The summed E-state index contributed by atoms with van der Waals surface area (Å²) in [5.74, 6) is 0.00873. The van der Waals surface area contributed by atoms with Gasteiger partial charge in [-0.15, -0.1) is 0 Å². The van der Waals surface area contributed by atoms with Crippen LogP contribution < -0.4 is 5.73 Å². The highest BCUT2D eigenvalue weighted by Gasteiger charge is 2.30. The van der Waals surface area contributed by atoms with Crippen molar-refractivity contribution in [3.63, 3.8) is 0 Å². The zero-order chi connectivity index (χ0) is 14.8. The molecule has 0 fully saturated rings. The number of allylic oxidation sites excluding steroid dienone is 1. The Morgan fingerprint density at radius 1 is 1.00 bits per heavy atom. The first-order chi connectivity index (χ1) is 10.1. The highest BCUT2D eigenvalue weighted by Crippen LogP contribution is 2.35. The number of nitrogens with two attached hydrogens (primary N) is 1. The molecule has 2 atom stereocenters. The monoisotopic (exact) mass is 297 g/mol. The number of hydrogen-bond acceptors (Lipinski definition) is 2. The van der Waals surface area contributed by atoms with Crippen LogP contribution in [0.15, 0.2) is 60.7 Å². The van der Waals surface area contributed by atoms with Crippen LogP contribution in [0.2, 0.25) is 5.02 Å². The van der Waals surface area contributed by atoms with E-state index < -0.39 is 6.04 Å². The van der Waals surface area contributed by atoms with Gasteiger partial charge in [-0.3, -0.25) is 4.79 Å². The maximum atomic E-state index is 12.2. The van der Waals surface area contributed by atoms with Crippen molar-refractivity contribution in [3.8, 4) is 0 Å². The van der Waals surface area contributed by atoms with Crippen molar-refractivity contribution >= 4 is 23.0 Å². The molecule has 0 radical (unpaired) electrons. The predicted octanol–water partition coefficient (Wildman–Crippen LogP) is 3.81. The standard InChI is InChI=1S/C18H16ClNO/c19-15-8-6-12(7-9-15)14-10-16(18(20)17(21)11-14)13-4-2-1-3-5-13/h1-9,11,16,18H,10,20H2. The molecule has 2 aromatic rings. The molecular weight excluding hydrogens is 282 g/mol. The van der Waals surface area contributed by atoms with Crippen molar-refractivity contribution in [1.29, 1.82) is 0 Å². The summed E-state index contributed by atoms with van der Waals surface area (Å²) in [6.45, 7) is 0. The summed E-state index contributed by atoms with van der Waals surface area (Å²) in [5, 5.41) is 0.692. The molecule has 0 spiro atoms. The Bertz CT molecular complexity index is 676. The van der Waals surface area contributed by atoms with Crippen molar-refractivity contribution in [2.45, 2.75) is 18.4 Å². The Morgan fingerprint density at radius 2 is 1.67 bits per heavy atom. The number of carbonyl (C=O) groups excluding carboxylic acids is 1. The van der Waals surface area contributed by atoms with Crippen molar-refractivity contribution in [2.75, 3.05) is 0 Å². The Labute approximate surface area is 129 Å². The number of rotatable bonds is 2. The van der Waals surface area contributed by atoms with E-state index in [9.17, 15) is 4.79 Å². The lowest BCUT2D eigenvalue weighted by Crippen LogP contribution is -2.38. The van der Waals surface area contributed by atoms with Crippen molar-refractivity contribution < 1.29 is 4.79 Å². The third kappa shape index (κ3) is 2.92. The van der Waals surface area contributed by atoms with Gasteiger partial charge in [-0.1, -0.05) is 54.1 Å². The molecule has 2 nitrogen and oxygen atoms in total. The minimum Gasteiger partial charge on any atom is -0.321 e. The minimum atomic E-state index is -0.469. The Kier molecular flexibility index (Phi) is 3.91. The topological polar surface area (TPSA) is 43.1 Å². The average molecular weight is 298 g/mol. The number of hydrogen-bond donors (Lipinski definition) is 1. The van der Waals surface area contributed by atoms with Gasteiger partial charge in [0, 0.05) is 10.9 Å². The molecule has 0 saturated carbocycles. The van der Waals surface area contributed by atoms with Gasteiger partial charge >= 0.3 is 0 Å². The summed E-state index contributed by atoms with van der Waals surface area (Å²) in [5.41, 5.74) is 9.26. The first kappa shape index (κ1) is 14.1. The molecule has 1 aliphatic rings. The zero-order valence-corrected chi connectivity index (χ0v) is 12.3. The Hall–Kier alpha value is -1.90. The lowest BCUT2D eigenvalue weighted by Gasteiger charge is -2.28. The summed E-state index contributed by atoms with van der Waals surface area (Å²) in [4.78, 5) is 12.2. The second kappa shape index (κ2) is 5.84. The molecule has 0 heterocycles. The highest BCUT2D eigenvalue weighted by molar-refractivity contribution is 6.30. The van der Waals surface area contributed by atoms with E-state index in [0.29, 0.717) is 5.02 Å². The van der Waals surface area contributed by atoms with Gasteiger partial charge < -0.3 is 5.73 Å². The van der Waals surface area contributed by atoms with Crippen LogP contribution in [0.5, 0.6) is 0 Å². The smallest absolute Gasteiger partial charge is 0.173 e. The maximum Gasteiger partial charge on any atom is 0.173 e. The lowest BCUT2D eigenvalue weighted by atomic mass is 9.78. The maximum absolute atomic E-state index is 12.2. The van der Waals surface area contributed by atoms with Gasteiger partial charge in [-0.2, -0.15) is 0 Å². The molecule has 106 valence electrons. The highest BCUT2D eigenvalue weighted by atomic mass is 35.5. The molecule has 0 aliphatic heterocycles. The summed E-state index contributed by atoms with van der Waals surface area (Å²) in [7, 11) is 0. The third-order valence-corrected chi connectivity index (χ3v) is 4.21. The number of halogens is 1.